The molecule has 2 rings (SSSR count). The zero-order valence-corrected chi connectivity index (χ0v) is 12.7. The van der Waals surface area contributed by atoms with Gasteiger partial charge in [-0.15, -0.1) is 0 Å². The van der Waals surface area contributed by atoms with Gasteiger partial charge in [0.25, 0.3) is 5.69 Å². The Morgan fingerprint density at radius 2 is 2.10 bits per heavy atom. The fourth-order valence-electron chi connectivity index (χ4n) is 2.48. The summed E-state index contributed by atoms with van der Waals surface area (Å²) in [7, 11) is 0. The molecular formula is C14H22N4O3. The number of pyridine rings is 1. The largest absolute Gasteiger partial charge is 0.372 e. The lowest BCUT2D eigenvalue weighted by atomic mass is 10.2. The summed E-state index contributed by atoms with van der Waals surface area (Å²) in [4.78, 5) is 17.3. The monoisotopic (exact) mass is 294 g/mol. The van der Waals surface area contributed by atoms with Crippen molar-refractivity contribution in [3.8, 4) is 0 Å². The first-order valence-electron chi connectivity index (χ1n) is 7.30. The van der Waals surface area contributed by atoms with E-state index in [9.17, 15) is 10.1 Å². The normalized spacial score (nSPS) is 22.1. The molecule has 7 nitrogen and oxygen atoms in total. The molecule has 1 saturated heterocycles. The van der Waals surface area contributed by atoms with Crippen LogP contribution < -0.4 is 10.2 Å². The fourth-order valence-corrected chi connectivity index (χ4v) is 2.48. The Morgan fingerprint density at radius 3 is 2.67 bits per heavy atom. The van der Waals surface area contributed by atoms with Gasteiger partial charge in [-0.25, -0.2) is 4.98 Å². The highest BCUT2D eigenvalue weighted by atomic mass is 16.6. The highest BCUT2D eigenvalue weighted by Gasteiger charge is 2.25. The van der Waals surface area contributed by atoms with Gasteiger partial charge in [0.05, 0.1) is 29.3 Å². The molecule has 0 unspecified atom stereocenters. The number of aromatic nitrogens is 1. The molecule has 0 radical (unpaired) electrons. The first-order valence-corrected chi connectivity index (χ1v) is 7.30. The van der Waals surface area contributed by atoms with Crippen LogP contribution in [0.3, 0.4) is 0 Å². The van der Waals surface area contributed by atoms with Gasteiger partial charge < -0.3 is 15.0 Å². The number of anilines is 2. The van der Waals surface area contributed by atoms with E-state index in [0.29, 0.717) is 24.7 Å². The van der Waals surface area contributed by atoms with Crippen LogP contribution in [-0.4, -0.2) is 41.7 Å². The number of ether oxygens (including phenoxy) is 1. The highest BCUT2D eigenvalue weighted by molar-refractivity contribution is 5.56. The van der Waals surface area contributed by atoms with Crippen molar-refractivity contribution in [1.29, 1.82) is 0 Å². The summed E-state index contributed by atoms with van der Waals surface area (Å²) >= 11 is 0. The van der Waals surface area contributed by atoms with E-state index in [0.717, 1.165) is 13.0 Å². The van der Waals surface area contributed by atoms with Crippen molar-refractivity contribution in [2.45, 2.75) is 39.4 Å². The quantitative estimate of drug-likeness (QED) is 0.663. The van der Waals surface area contributed by atoms with Gasteiger partial charge in [-0.2, -0.15) is 0 Å². The third-order valence-corrected chi connectivity index (χ3v) is 3.31. The Hall–Kier alpha value is -1.89. The van der Waals surface area contributed by atoms with E-state index in [1.807, 2.05) is 25.7 Å². The number of nitrogens with one attached hydrogen (secondary N) is 1. The molecule has 0 aliphatic carbocycles. The van der Waals surface area contributed by atoms with Crippen LogP contribution in [0.25, 0.3) is 0 Å². The van der Waals surface area contributed by atoms with Crippen molar-refractivity contribution in [2.24, 2.45) is 0 Å². The molecule has 0 amide bonds. The van der Waals surface area contributed by atoms with Crippen LogP contribution in [-0.2, 0) is 4.74 Å². The predicted molar refractivity (Wildman–Crippen MR) is 81.9 cm³/mol. The van der Waals surface area contributed by atoms with E-state index in [2.05, 4.69) is 10.3 Å². The molecule has 7 heteroatoms. The van der Waals surface area contributed by atoms with Gasteiger partial charge in [0.15, 0.2) is 0 Å². The Kier molecular flexibility index (Phi) is 4.95. The van der Waals surface area contributed by atoms with Crippen LogP contribution in [0.1, 0.15) is 27.2 Å². The molecule has 1 aromatic heterocycles. The van der Waals surface area contributed by atoms with E-state index < -0.39 is 0 Å². The standard InChI is InChI=1S/C14H22N4O3/c1-4-5-15-13-6-12(18(19)20)7-14(16-13)17-8-10(2)21-11(3)9-17/h6-7,10-11H,4-5,8-9H2,1-3H3,(H,15,16)/t10-,11+. The molecule has 21 heavy (non-hydrogen) atoms. The Labute approximate surface area is 124 Å². The molecule has 1 fully saturated rings. The number of morpholine rings is 1. The lowest BCUT2D eigenvalue weighted by Gasteiger charge is -2.36. The molecule has 116 valence electrons. The second-order valence-electron chi connectivity index (χ2n) is 5.41. The minimum absolute atomic E-state index is 0.0606. The van der Waals surface area contributed by atoms with Crippen LogP contribution in [0.4, 0.5) is 17.3 Å². The third-order valence-electron chi connectivity index (χ3n) is 3.31. The van der Waals surface area contributed by atoms with Gasteiger partial charge in [0.2, 0.25) is 0 Å². The van der Waals surface area contributed by atoms with Crippen LogP contribution in [0.5, 0.6) is 0 Å². The molecule has 1 aliphatic rings. The second kappa shape index (κ2) is 6.71. The zero-order chi connectivity index (χ0) is 15.4. The molecule has 0 spiro atoms. The summed E-state index contributed by atoms with van der Waals surface area (Å²) in [6.07, 6.45) is 1.11. The van der Waals surface area contributed by atoms with Crippen LogP contribution in [0.15, 0.2) is 12.1 Å². The second-order valence-corrected chi connectivity index (χ2v) is 5.41. The van der Waals surface area contributed by atoms with Gasteiger partial charge in [0.1, 0.15) is 11.6 Å². The lowest BCUT2D eigenvalue weighted by Crippen LogP contribution is -2.45. The molecule has 0 bridgehead atoms. The van der Waals surface area contributed by atoms with E-state index in [1.165, 1.54) is 12.1 Å². The number of nitro groups is 1. The fraction of sp³-hybridized carbons (Fsp3) is 0.643. The molecular weight excluding hydrogens is 272 g/mol. The number of hydrogen-bond acceptors (Lipinski definition) is 6. The highest BCUT2D eigenvalue weighted by Crippen LogP contribution is 2.25. The average Bonchev–Trinajstić information content (AvgIpc) is 2.43. The number of hydrogen-bond donors (Lipinski definition) is 1. The Balaban J connectivity index is 2.28. The summed E-state index contributed by atoms with van der Waals surface area (Å²) in [5.41, 5.74) is 0.0606. The van der Waals surface area contributed by atoms with Crippen LogP contribution >= 0.6 is 0 Å². The van der Waals surface area contributed by atoms with Crippen molar-refractivity contribution in [2.75, 3.05) is 29.9 Å². The predicted octanol–water partition coefficient (Wildman–Crippen LogP) is 2.43. The maximum atomic E-state index is 11.1. The molecule has 1 aliphatic heterocycles. The van der Waals surface area contributed by atoms with Gasteiger partial charge in [-0.3, -0.25) is 10.1 Å². The first-order chi connectivity index (χ1) is 9.99. The van der Waals surface area contributed by atoms with Gasteiger partial charge in [0, 0.05) is 19.6 Å². The maximum absolute atomic E-state index is 11.1. The van der Waals surface area contributed by atoms with Gasteiger partial charge >= 0.3 is 0 Å². The molecule has 1 N–H and O–H groups in total. The first kappa shape index (κ1) is 15.5. The third kappa shape index (κ3) is 4.04. The van der Waals surface area contributed by atoms with E-state index in [1.54, 1.807) is 0 Å². The van der Waals surface area contributed by atoms with Gasteiger partial charge in [-0.1, -0.05) is 6.92 Å². The van der Waals surface area contributed by atoms with Crippen molar-refractivity contribution in [1.82, 2.24) is 4.98 Å². The van der Waals surface area contributed by atoms with Crippen LogP contribution in [0.2, 0.25) is 0 Å². The van der Waals surface area contributed by atoms with E-state index in [-0.39, 0.29) is 22.8 Å². The smallest absolute Gasteiger partial charge is 0.276 e. The summed E-state index contributed by atoms with van der Waals surface area (Å²) in [6, 6.07) is 3.01. The lowest BCUT2D eigenvalue weighted by molar-refractivity contribution is -0.384. The van der Waals surface area contributed by atoms with E-state index in [4.69, 9.17) is 4.74 Å². The minimum atomic E-state index is -0.379. The number of nitrogens with zero attached hydrogens (tertiary/aromatic N) is 3. The van der Waals surface area contributed by atoms with Gasteiger partial charge in [-0.05, 0) is 20.3 Å². The van der Waals surface area contributed by atoms with Crippen molar-refractivity contribution < 1.29 is 9.66 Å². The summed E-state index contributed by atoms with van der Waals surface area (Å²) in [6.45, 7) is 8.14. The topological polar surface area (TPSA) is 80.5 Å². The Bertz CT molecular complexity index is 499. The summed E-state index contributed by atoms with van der Waals surface area (Å²) in [5, 5.41) is 14.2. The molecule has 0 saturated carbocycles. The van der Waals surface area contributed by atoms with Crippen molar-refractivity contribution in [3.05, 3.63) is 22.2 Å². The number of rotatable bonds is 5. The molecule has 1 aromatic rings. The van der Waals surface area contributed by atoms with Crippen molar-refractivity contribution in [3.63, 3.8) is 0 Å². The van der Waals surface area contributed by atoms with Crippen molar-refractivity contribution >= 4 is 17.3 Å². The summed E-state index contributed by atoms with van der Waals surface area (Å²) < 4.78 is 5.69. The average molecular weight is 294 g/mol. The molecule has 2 heterocycles. The Morgan fingerprint density at radius 1 is 1.43 bits per heavy atom. The van der Waals surface area contributed by atoms with E-state index >= 15 is 0 Å². The summed E-state index contributed by atoms with van der Waals surface area (Å²) in [5.74, 6) is 1.18. The van der Waals surface area contributed by atoms with Crippen LogP contribution in [0, 0.1) is 10.1 Å². The SMILES string of the molecule is CCCNc1cc([N+](=O)[O-])cc(N2C[C@@H](C)O[C@@H](C)C2)n1. The zero-order valence-electron chi connectivity index (χ0n) is 12.7. The molecule has 0 aromatic carbocycles. The molecule has 2 atom stereocenters. The maximum Gasteiger partial charge on any atom is 0.276 e. The minimum Gasteiger partial charge on any atom is -0.372 e.